The lowest BCUT2D eigenvalue weighted by Crippen LogP contribution is -2.08. The molecular formula is C21H30N4O. The van der Waals surface area contributed by atoms with Crippen molar-refractivity contribution >= 4 is 17.9 Å². The van der Waals surface area contributed by atoms with E-state index >= 15 is 0 Å². The molecule has 0 saturated carbocycles. The van der Waals surface area contributed by atoms with Crippen molar-refractivity contribution in [2.75, 3.05) is 0 Å². The Morgan fingerprint density at radius 3 is 1.58 bits per heavy atom. The molecule has 0 N–H and O–H groups in total. The first kappa shape index (κ1) is 19.9. The highest BCUT2D eigenvalue weighted by Gasteiger charge is 2.10. The molecule has 140 valence electrons. The Balaban J connectivity index is 2.08. The molecule has 2 rings (SSSR count). The van der Waals surface area contributed by atoms with Gasteiger partial charge in [-0.15, -0.1) is 0 Å². The number of nitrogens with zero attached hydrogens (tertiary/aromatic N) is 4. The Hall–Kier alpha value is -2.43. The largest absolute Gasteiger partial charge is 0.328 e. The summed E-state index contributed by atoms with van der Waals surface area (Å²) in [4.78, 5) is 20.9. The van der Waals surface area contributed by atoms with Crippen LogP contribution >= 0.6 is 0 Å². The Morgan fingerprint density at radius 1 is 0.846 bits per heavy atom. The maximum atomic E-state index is 12.2. The molecule has 5 heteroatoms. The fraction of sp³-hybridized carbons (Fsp3) is 0.476. The normalized spacial score (nSPS) is 12.2. The van der Waals surface area contributed by atoms with Gasteiger partial charge in [-0.2, -0.15) is 0 Å². The molecule has 0 aliphatic rings. The molecule has 0 radical (unpaired) electrons. The highest BCUT2D eigenvalue weighted by atomic mass is 16.1. The Bertz CT molecular complexity index is 683. The van der Waals surface area contributed by atoms with E-state index in [0.717, 1.165) is 37.3 Å². The first-order valence-corrected chi connectivity index (χ1v) is 9.60. The molecule has 0 aliphatic heterocycles. The number of hydrogen-bond donors (Lipinski definition) is 0. The molecule has 0 amide bonds. The second-order valence-electron chi connectivity index (χ2n) is 6.40. The summed E-state index contributed by atoms with van der Waals surface area (Å²) in [6.45, 7) is 8.66. The first-order valence-electron chi connectivity index (χ1n) is 9.60. The molecule has 0 aliphatic carbocycles. The topological polar surface area (TPSA) is 52.7 Å². The van der Waals surface area contributed by atoms with Crippen molar-refractivity contribution in [1.29, 1.82) is 0 Å². The molecule has 0 fully saturated rings. The fourth-order valence-corrected chi connectivity index (χ4v) is 3.26. The average molecular weight is 354 g/mol. The molecule has 0 bridgehead atoms. The molecule has 2 heterocycles. The van der Waals surface area contributed by atoms with Gasteiger partial charge in [0.1, 0.15) is 11.6 Å². The summed E-state index contributed by atoms with van der Waals surface area (Å²) < 4.78 is 4.26. The number of carbonyl (C=O) groups excluding carboxylic acids is 1. The van der Waals surface area contributed by atoms with Crippen LogP contribution in [0.15, 0.2) is 36.9 Å². The van der Waals surface area contributed by atoms with E-state index in [-0.39, 0.29) is 5.78 Å². The summed E-state index contributed by atoms with van der Waals surface area (Å²) in [5, 5.41) is 0. The van der Waals surface area contributed by atoms with Gasteiger partial charge in [0.15, 0.2) is 5.78 Å². The maximum absolute atomic E-state index is 12.2. The number of rotatable bonds is 10. The third kappa shape index (κ3) is 4.81. The van der Waals surface area contributed by atoms with Crippen molar-refractivity contribution in [1.82, 2.24) is 19.1 Å². The van der Waals surface area contributed by atoms with E-state index in [1.807, 2.05) is 12.4 Å². The van der Waals surface area contributed by atoms with Crippen LogP contribution in [0.2, 0.25) is 0 Å². The predicted molar refractivity (Wildman–Crippen MR) is 107 cm³/mol. The average Bonchev–Trinajstić information content (AvgIpc) is 3.30. The van der Waals surface area contributed by atoms with Gasteiger partial charge in [-0.25, -0.2) is 9.97 Å². The van der Waals surface area contributed by atoms with Gasteiger partial charge in [-0.05, 0) is 50.0 Å². The molecule has 0 unspecified atom stereocenters. The van der Waals surface area contributed by atoms with Crippen LogP contribution in [0.5, 0.6) is 0 Å². The molecule has 0 saturated heterocycles. The Morgan fingerprint density at radius 2 is 1.23 bits per heavy atom. The summed E-state index contributed by atoms with van der Waals surface area (Å²) in [5.74, 6) is 1.57. The quantitative estimate of drug-likeness (QED) is 0.558. The zero-order chi connectivity index (χ0) is 18.9. The number of imidazole rings is 2. The van der Waals surface area contributed by atoms with Crippen LogP contribution in [-0.2, 0) is 4.79 Å². The number of hydrogen-bond acceptors (Lipinski definition) is 3. The van der Waals surface area contributed by atoms with Crippen molar-refractivity contribution in [2.24, 2.45) is 0 Å². The van der Waals surface area contributed by atoms with Crippen molar-refractivity contribution < 1.29 is 4.79 Å². The fourth-order valence-electron chi connectivity index (χ4n) is 3.26. The standard InChI is InChI=1S/C21H30N4O/c1-5-17(6-2)24-15-13-22-20(24)11-9-19(26)10-12-21-23-14-16-25(21)18(7-3)8-4/h9-18H,5-8H2,1-4H3/b11-9+,12-10+. The highest BCUT2D eigenvalue weighted by molar-refractivity contribution is 6.04. The molecule has 26 heavy (non-hydrogen) atoms. The van der Waals surface area contributed by atoms with Crippen LogP contribution in [-0.4, -0.2) is 24.9 Å². The second-order valence-corrected chi connectivity index (χ2v) is 6.40. The van der Waals surface area contributed by atoms with Gasteiger partial charge in [0.2, 0.25) is 0 Å². The zero-order valence-corrected chi connectivity index (χ0v) is 16.3. The van der Waals surface area contributed by atoms with Crippen LogP contribution < -0.4 is 0 Å². The highest BCUT2D eigenvalue weighted by Crippen LogP contribution is 2.19. The van der Waals surface area contributed by atoms with Gasteiger partial charge in [-0.1, -0.05) is 27.7 Å². The van der Waals surface area contributed by atoms with Gasteiger partial charge in [0, 0.05) is 36.9 Å². The number of carbonyl (C=O) groups is 1. The van der Waals surface area contributed by atoms with Crippen LogP contribution in [0.4, 0.5) is 0 Å². The van der Waals surface area contributed by atoms with E-state index in [9.17, 15) is 4.79 Å². The lowest BCUT2D eigenvalue weighted by atomic mass is 10.1. The SMILES string of the molecule is CCC(CC)n1ccnc1/C=C/C(=O)/C=C/c1nccn1C(CC)CC. The Labute approximate surface area is 156 Å². The smallest absolute Gasteiger partial charge is 0.178 e. The first-order chi connectivity index (χ1) is 12.6. The summed E-state index contributed by atoms with van der Waals surface area (Å²) in [5.41, 5.74) is 0. The van der Waals surface area contributed by atoms with Crippen LogP contribution in [0.25, 0.3) is 12.2 Å². The van der Waals surface area contributed by atoms with Crippen molar-refractivity contribution in [3.63, 3.8) is 0 Å². The lowest BCUT2D eigenvalue weighted by Gasteiger charge is -2.16. The maximum Gasteiger partial charge on any atom is 0.178 e. The van der Waals surface area contributed by atoms with Crippen molar-refractivity contribution in [2.45, 2.75) is 65.5 Å². The lowest BCUT2D eigenvalue weighted by molar-refractivity contribution is -0.110. The van der Waals surface area contributed by atoms with Crippen molar-refractivity contribution in [3.05, 3.63) is 48.6 Å². The van der Waals surface area contributed by atoms with Crippen LogP contribution in [0, 0.1) is 0 Å². The summed E-state index contributed by atoms with van der Waals surface area (Å²) in [6, 6.07) is 0.825. The van der Waals surface area contributed by atoms with Crippen LogP contribution in [0.1, 0.15) is 77.1 Å². The molecular weight excluding hydrogens is 324 g/mol. The van der Waals surface area contributed by atoms with Gasteiger partial charge >= 0.3 is 0 Å². The van der Waals surface area contributed by atoms with E-state index in [1.165, 1.54) is 0 Å². The van der Waals surface area contributed by atoms with E-state index < -0.39 is 0 Å². The van der Waals surface area contributed by atoms with E-state index in [4.69, 9.17) is 0 Å². The van der Waals surface area contributed by atoms with E-state index in [1.54, 1.807) is 36.7 Å². The molecule has 0 atom stereocenters. The number of allylic oxidation sites excluding steroid dienone is 2. The summed E-state index contributed by atoms with van der Waals surface area (Å²) in [6.07, 6.45) is 18.4. The minimum Gasteiger partial charge on any atom is -0.328 e. The molecule has 5 nitrogen and oxygen atoms in total. The van der Waals surface area contributed by atoms with Gasteiger partial charge in [-0.3, -0.25) is 4.79 Å². The van der Waals surface area contributed by atoms with Crippen molar-refractivity contribution in [3.8, 4) is 0 Å². The second kappa shape index (κ2) is 9.90. The number of aromatic nitrogens is 4. The van der Waals surface area contributed by atoms with Gasteiger partial charge in [0.25, 0.3) is 0 Å². The van der Waals surface area contributed by atoms with E-state index in [2.05, 4.69) is 46.8 Å². The number of ketones is 1. The predicted octanol–water partition coefficient (Wildman–Crippen LogP) is 5.10. The summed E-state index contributed by atoms with van der Waals surface area (Å²) >= 11 is 0. The van der Waals surface area contributed by atoms with E-state index in [0.29, 0.717) is 12.1 Å². The monoisotopic (exact) mass is 354 g/mol. The van der Waals surface area contributed by atoms with Crippen LogP contribution in [0.3, 0.4) is 0 Å². The third-order valence-corrected chi connectivity index (χ3v) is 4.86. The minimum absolute atomic E-state index is 0.0665. The Kier molecular flexibility index (Phi) is 7.57. The molecule has 2 aromatic heterocycles. The van der Waals surface area contributed by atoms with Gasteiger partial charge in [0.05, 0.1) is 0 Å². The zero-order valence-electron chi connectivity index (χ0n) is 16.3. The third-order valence-electron chi connectivity index (χ3n) is 4.86. The summed E-state index contributed by atoms with van der Waals surface area (Å²) in [7, 11) is 0. The molecule has 0 aromatic carbocycles. The van der Waals surface area contributed by atoms with Gasteiger partial charge < -0.3 is 9.13 Å². The minimum atomic E-state index is -0.0665. The molecule has 2 aromatic rings. The molecule has 0 spiro atoms.